The Bertz CT molecular complexity index is 1570. The largest absolute Gasteiger partial charge is 0.508 e. The lowest BCUT2D eigenvalue weighted by Gasteiger charge is -2.46. The zero-order chi connectivity index (χ0) is 22.4. The zero-order valence-electron chi connectivity index (χ0n) is 19.0. The van der Waals surface area contributed by atoms with E-state index < -0.39 is 0 Å². The molecule has 4 nitrogen and oxygen atoms in total. The predicted molar refractivity (Wildman–Crippen MR) is 130 cm³/mol. The lowest BCUT2D eigenvalue weighted by atomic mass is 9.60. The third kappa shape index (κ3) is 2.15. The molecule has 0 saturated carbocycles. The molecule has 3 aromatic carbocycles. The lowest BCUT2D eigenvalue weighted by molar-refractivity contribution is 0.289. The van der Waals surface area contributed by atoms with Crippen molar-refractivity contribution in [2.45, 2.75) is 38.5 Å². The number of nitrogens with zero attached hydrogens (tertiary/aromatic N) is 2. The van der Waals surface area contributed by atoms with Crippen LogP contribution in [0.5, 0.6) is 11.5 Å². The van der Waals surface area contributed by atoms with Crippen molar-refractivity contribution >= 4 is 27.3 Å². The van der Waals surface area contributed by atoms with Gasteiger partial charge in [0.2, 0.25) is 0 Å². The van der Waals surface area contributed by atoms with Crippen molar-refractivity contribution in [2.24, 2.45) is 0 Å². The van der Waals surface area contributed by atoms with Crippen molar-refractivity contribution < 1.29 is 9.84 Å². The molecule has 1 aliphatic rings. The molecule has 0 saturated heterocycles. The standard InChI is InChI=1S/C28H26N2O2/c1-27(2)20-13-7-12-19-18-11-8-14-21(32-5)22(18)26-29-23(16-9-6-10-17(31)15-16)25(28(27,3)4)30(26)24(19)20/h6-15,31H,1-5H3. The van der Waals surface area contributed by atoms with E-state index in [9.17, 15) is 5.11 Å². The molecule has 160 valence electrons. The minimum Gasteiger partial charge on any atom is -0.508 e. The van der Waals surface area contributed by atoms with Gasteiger partial charge in [-0.3, -0.25) is 4.40 Å². The van der Waals surface area contributed by atoms with Crippen molar-refractivity contribution in [1.82, 2.24) is 9.38 Å². The molecule has 1 aliphatic heterocycles. The average Bonchev–Trinajstić information content (AvgIpc) is 3.19. The van der Waals surface area contributed by atoms with Crippen LogP contribution < -0.4 is 4.74 Å². The van der Waals surface area contributed by atoms with Crippen LogP contribution in [0.1, 0.15) is 39.0 Å². The highest BCUT2D eigenvalue weighted by molar-refractivity contribution is 6.15. The van der Waals surface area contributed by atoms with E-state index in [4.69, 9.17) is 9.72 Å². The van der Waals surface area contributed by atoms with Crippen LogP contribution in [0.3, 0.4) is 0 Å². The van der Waals surface area contributed by atoms with Crippen LogP contribution in [0.2, 0.25) is 0 Å². The summed E-state index contributed by atoms with van der Waals surface area (Å²) < 4.78 is 8.15. The van der Waals surface area contributed by atoms with Gasteiger partial charge in [0.15, 0.2) is 0 Å². The molecule has 1 N–H and O–H groups in total. The minimum absolute atomic E-state index is 0.131. The molecular weight excluding hydrogens is 396 g/mol. The Hall–Kier alpha value is -3.53. The van der Waals surface area contributed by atoms with Gasteiger partial charge in [-0.25, -0.2) is 4.98 Å². The van der Waals surface area contributed by atoms with E-state index in [-0.39, 0.29) is 16.6 Å². The topological polar surface area (TPSA) is 46.8 Å². The summed E-state index contributed by atoms with van der Waals surface area (Å²) in [6.45, 7) is 9.26. The molecule has 2 aromatic heterocycles. The Kier molecular flexibility index (Phi) is 3.62. The average molecular weight is 423 g/mol. The molecule has 0 unspecified atom stereocenters. The monoisotopic (exact) mass is 422 g/mol. The summed E-state index contributed by atoms with van der Waals surface area (Å²) in [6.07, 6.45) is 0. The smallest absolute Gasteiger partial charge is 0.149 e. The van der Waals surface area contributed by atoms with Crippen molar-refractivity contribution in [3.05, 3.63) is 71.9 Å². The molecule has 6 rings (SSSR count). The number of imidazole rings is 1. The molecular formula is C28H26N2O2. The van der Waals surface area contributed by atoms with Gasteiger partial charge in [-0.15, -0.1) is 0 Å². The number of aromatic nitrogens is 2. The number of para-hydroxylation sites is 1. The maximum Gasteiger partial charge on any atom is 0.149 e. The van der Waals surface area contributed by atoms with Crippen LogP contribution in [0, 0.1) is 0 Å². The van der Waals surface area contributed by atoms with Crippen LogP contribution in [0.4, 0.5) is 0 Å². The molecule has 0 amide bonds. The number of methoxy groups -OCH3 is 1. The third-order valence-corrected chi connectivity index (χ3v) is 7.84. The molecule has 0 atom stereocenters. The number of pyridine rings is 1. The number of benzene rings is 3. The summed E-state index contributed by atoms with van der Waals surface area (Å²) in [7, 11) is 1.71. The second-order valence-electron chi connectivity index (χ2n) is 9.85. The van der Waals surface area contributed by atoms with E-state index in [1.807, 2.05) is 24.3 Å². The Labute approximate surface area is 187 Å². The SMILES string of the molecule is COc1cccc2c3cccc4c3n3c(c(-c5cccc(O)c5)nc3c12)C(C)(C)C4(C)C. The molecule has 32 heavy (non-hydrogen) atoms. The second-order valence-corrected chi connectivity index (χ2v) is 9.85. The van der Waals surface area contributed by atoms with E-state index >= 15 is 0 Å². The molecule has 0 aliphatic carbocycles. The minimum atomic E-state index is -0.218. The quantitative estimate of drug-likeness (QED) is 0.326. The molecule has 4 heteroatoms. The van der Waals surface area contributed by atoms with Gasteiger partial charge < -0.3 is 9.84 Å². The summed E-state index contributed by atoms with van der Waals surface area (Å²) in [5, 5.41) is 13.6. The van der Waals surface area contributed by atoms with Crippen molar-refractivity contribution in [3.8, 4) is 22.8 Å². The number of phenolic OH excluding ortho intramolecular Hbond substituents is 1. The molecule has 0 radical (unpaired) electrons. The highest BCUT2D eigenvalue weighted by Gasteiger charge is 2.48. The zero-order valence-corrected chi connectivity index (χ0v) is 19.0. The number of fused-ring (bicyclic) bond motifs is 3. The Morgan fingerprint density at radius 2 is 1.59 bits per heavy atom. The molecule has 0 bridgehead atoms. The van der Waals surface area contributed by atoms with Crippen LogP contribution in [-0.2, 0) is 10.8 Å². The Balaban J connectivity index is 1.96. The fourth-order valence-electron chi connectivity index (χ4n) is 5.53. The lowest BCUT2D eigenvalue weighted by Crippen LogP contribution is -2.44. The van der Waals surface area contributed by atoms with Gasteiger partial charge in [0.25, 0.3) is 0 Å². The van der Waals surface area contributed by atoms with Crippen molar-refractivity contribution in [3.63, 3.8) is 0 Å². The molecule has 0 spiro atoms. The van der Waals surface area contributed by atoms with Gasteiger partial charge in [0.1, 0.15) is 17.1 Å². The third-order valence-electron chi connectivity index (χ3n) is 7.84. The number of phenols is 1. The summed E-state index contributed by atoms with van der Waals surface area (Å²) in [5.41, 5.74) is 6.08. The van der Waals surface area contributed by atoms with E-state index in [0.717, 1.165) is 33.4 Å². The van der Waals surface area contributed by atoms with E-state index in [2.05, 4.69) is 56.4 Å². The van der Waals surface area contributed by atoms with Crippen LogP contribution >= 0.6 is 0 Å². The van der Waals surface area contributed by atoms with Gasteiger partial charge in [0, 0.05) is 21.8 Å². The van der Waals surface area contributed by atoms with E-state index in [0.29, 0.717) is 0 Å². The maximum atomic E-state index is 10.2. The van der Waals surface area contributed by atoms with Gasteiger partial charge in [0.05, 0.1) is 29.4 Å². The number of aromatic hydroxyl groups is 1. The first-order valence-electron chi connectivity index (χ1n) is 11.0. The fourth-order valence-corrected chi connectivity index (χ4v) is 5.53. The van der Waals surface area contributed by atoms with Gasteiger partial charge in [-0.05, 0) is 29.1 Å². The fraction of sp³-hybridized carbons (Fsp3) is 0.250. The number of ether oxygens (including phenoxy) is 1. The van der Waals surface area contributed by atoms with E-state index in [1.165, 1.54) is 22.2 Å². The number of rotatable bonds is 2. The predicted octanol–water partition coefficient (Wildman–Crippen LogP) is 6.59. The Morgan fingerprint density at radius 1 is 0.875 bits per heavy atom. The maximum absolute atomic E-state index is 10.2. The van der Waals surface area contributed by atoms with Crippen LogP contribution in [0.15, 0.2) is 60.7 Å². The second kappa shape index (κ2) is 6.04. The summed E-state index contributed by atoms with van der Waals surface area (Å²) >= 11 is 0. The first kappa shape index (κ1) is 19.2. The highest BCUT2D eigenvalue weighted by Crippen LogP contribution is 2.54. The highest BCUT2D eigenvalue weighted by atomic mass is 16.5. The van der Waals surface area contributed by atoms with Gasteiger partial charge >= 0.3 is 0 Å². The summed E-state index contributed by atoms with van der Waals surface area (Å²) in [6, 6.07) is 20.2. The van der Waals surface area contributed by atoms with E-state index in [1.54, 1.807) is 19.2 Å². The van der Waals surface area contributed by atoms with Gasteiger partial charge in [-0.1, -0.05) is 70.2 Å². The van der Waals surface area contributed by atoms with Gasteiger partial charge in [-0.2, -0.15) is 0 Å². The number of hydrogen-bond acceptors (Lipinski definition) is 3. The van der Waals surface area contributed by atoms with Crippen LogP contribution in [0.25, 0.3) is 38.6 Å². The summed E-state index contributed by atoms with van der Waals surface area (Å²) in [4.78, 5) is 5.25. The number of hydrogen-bond donors (Lipinski definition) is 1. The van der Waals surface area contributed by atoms with Crippen LogP contribution in [-0.4, -0.2) is 21.6 Å². The Morgan fingerprint density at radius 3 is 2.34 bits per heavy atom. The van der Waals surface area contributed by atoms with Crippen molar-refractivity contribution in [1.29, 1.82) is 0 Å². The first-order valence-corrected chi connectivity index (χ1v) is 11.0. The molecule has 5 aromatic rings. The normalized spacial score (nSPS) is 16.3. The molecule has 0 fully saturated rings. The first-order chi connectivity index (χ1) is 15.3. The summed E-state index contributed by atoms with van der Waals surface area (Å²) in [5.74, 6) is 1.06. The molecule has 3 heterocycles. The van der Waals surface area contributed by atoms with Crippen molar-refractivity contribution in [2.75, 3.05) is 7.11 Å².